The molecule has 0 saturated carbocycles. The Balaban J connectivity index is 1.90. The maximum Gasteiger partial charge on any atom is 0.354 e. The number of carboxylic acids is 1. The van der Waals surface area contributed by atoms with Gasteiger partial charge >= 0.3 is 5.97 Å². The van der Waals surface area contributed by atoms with E-state index >= 15 is 0 Å². The number of carbonyl (C=O) groups is 2. The minimum Gasteiger partial charge on any atom is -0.477 e. The first-order valence-electron chi connectivity index (χ1n) is 5.55. The van der Waals surface area contributed by atoms with E-state index in [1.807, 2.05) is 0 Å². The van der Waals surface area contributed by atoms with Crippen LogP contribution in [0.1, 0.15) is 16.1 Å². The van der Waals surface area contributed by atoms with Crippen LogP contribution in [-0.2, 0) is 24.9 Å². The van der Waals surface area contributed by atoms with Gasteiger partial charge in [0.15, 0.2) is 0 Å². The standard InChI is InChI=1S/C11H13N5O3/c1-15-6-8(5-14-15)4-12-10(17)7-16-9(11(18)19)2-3-13-16/h2-3,5-6H,4,7H2,1H3,(H,12,17)(H,18,19). The lowest BCUT2D eigenvalue weighted by Gasteiger charge is -2.05. The topological polar surface area (TPSA) is 102 Å². The van der Waals surface area contributed by atoms with Crippen molar-refractivity contribution >= 4 is 11.9 Å². The average Bonchev–Trinajstić information content (AvgIpc) is 2.95. The fourth-order valence-electron chi connectivity index (χ4n) is 1.60. The molecule has 2 heterocycles. The third-order valence-corrected chi connectivity index (χ3v) is 2.48. The normalized spacial score (nSPS) is 10.4. The highest BCUT2D eigenvalue weighted by atomic mass is 16.4. The van der Waals surface area contributed by atoms with E-state index in [4.69, 9.17) is 5.11 Å². The maximum absolute atomic E-state index is 11.7. The van der Waals surface area contributed by atoms with Gasteiger partial charge in [-0.25, -0.2) is 9.48 Å². The molecule has 8 heteroatoms. The quantitative estimate of drug-likeness (QED) is 0.766. The molecule has 0 aliphatic rings. The first-order valence-corrected chi connectivity index (χ1v) is 5.55. The van der Waals surface area contributed by atoms with E-state index in [-0.39, 0.29) is 18.1 Å². The lowest BCUT2D eigenvalue weighted by atomic mass is 10.3. The van der Waals surface area contributed by atoms with E-state index in [1.54, 1.807) is 24.1 Å². The summed E-state index contributed by atoms with van der Waals surface area (Å²) in [6.07, 6.45) is 4.78. The molecule has 0 bridgehead atoms. The second-order valence-electron chi connectivity index (χ2n) is 3.98. The molecule has 100 valence electrons. The number of aryl methyl sites for hydroxylation is 1. The van der Waals surface area contributed by atoms with Gasteiger partial charge in [-0.1, -0.05) is 0 Å². The van der Waals surface area contributed by atoms with Crippen LogP contribution >= 0.6 is 0 Å². The molecule has 0 radical (unpaired) electrons. The van der Waals surface area contributed by atoms with Gasteiger partial charge in [0.2, 0.25) is 5.91 Å². The van der Waals surface area contributed by atoms with Gasteiger partial charge in [0.1, 0.15) is 12.2 Å². The largest absolute Gasteiger partial charge is 0.477 e. The number of amides is 1. The van der Waals surface area contributed by atoms with E-state index in [1.165, 1.54) is 12.3 Å². The van der Waals surface area contributed by atoms with E-state index in [0.29, 0.717) is 6.54 Å². The van der Waals surface area contributed by atoms with Crippen LogP contribution in [-0.4, -0.2) is 36.5 Å². The zero-order valence-electron chi connectivity index (χ0n) is 10.3. The number of rotatable bonds is 5. The Labute approximate surface area is 108 Å². The first kappa shape index (κ1) is 12.8. The summed E-state index contributed by atoms with van der Waals surface area (Å²) >= 11 is 0. The highest BCUT2D eigenvalue weighted by Crippen LogP contribution is 1.99. The van der Waals surface area contributed by atoms with E-state index < -0.39 is 5.97 Å². The number of aromatic carboxylic acids is 1. The average molecular weight is 263 g/mol. The number of nitrogens with one attached hydrogen (secondary N) is 1. The molecule has 19 heavy (non-hydrogen) atoms. The molecule has 2 aromatic rings. The minimum atomic E-state index is -1.11. The predicted molar refractivity (Wildman–Crippen MR) is 64.2 cm³/mol. The van der Waals surface area contributed by atoms with Gasteiger partial charge in [-0.3, -0.25) is 9.48 Å². The number of carbonyl (C=O) groups excluding carboxylic acids is 1. The summed E-state index contributed by atoms with van der Waals surface area (Å²) in [4.78, 5) is 22.5. The Bertz CT molecular complexity index is 601. The zero-order valence-corrected chi connectivity index (χ0v) is 10.3. The van der Waals surface area contributed by atoms with Crippen molar-refractivity contribution in [1.29, 1.82) is 0 Å². The summed E-state index contributed by atoms with van der Waals surface area (Å²) < 4.78 is 2.78. The third kappa shape index (κ3) is 3.18. The van der Waals surface area contributed by atoms with Crippen molar-refractivity contribution in [3.05, 3.63) is 35.9 Å². The maximum atomic E-state index is 11.7. The van der Waals surface area contributed by atoms with E-state index in [2.05, 4.69) is 15.5 Å². The van der Waals surface area contributed by atoms with Gasteiger partial charge < -0.3 is 10.4 Å². The Morgan fingerprint density at radius 1 is 1.42 bits per heavy atom. The minimum absolute atomic E-state index is 0.0171. The summed E-state index contributed by atoms with van der Waals surface area (Å²) in [5, 5.41) is 19.3. The SMILES string of the molecule is Cn1cc(CNC(=O)Cn2nccc2C(=O)O)cn1. The Hall–Kier alpha value is -2.64. The van der Waals surface area contributed by atoms with Crippen molar-refractivity contribution in [3.8, 4) is 0 Å². The monoisotopic (exact) mass is 263 g/mol. The Morgan fingerprint density at radius 2 is 2.21 bits per heavy atom. The number of nitrogens with zero attached hydrogens (tertiary/aromatic N) is 4. The van der Waals surface area contributed by atoms with Crippen molar-refractivity contribution in [3.63, 3.8) is 0 Å². The van der Waals surface area contributed by atoms with Crippen molar-refractivity contribution in [2.24, 2.45) is 7.05 Å². The highest BCUT2D eigenvalue weighted by Gasteiger charge is 2.12. The molecule has 2 N–H and O–H groups in total. The van der Waals surface area contributed by atoms with Crippen molar-refractivity contribution in [2.75, 3.05) is 0 Å². The second-order valence-corrected chi connectivity index (χ2v) is 3.98. The van der Waals surface area contributed by atoms with E-state index in [0.717, 1.165) is 10.2 Å². The van der Waals surface area contributed by atoms with Gasteiger partial charge in [-0.15, -0.1) is 0 Å². The van der Waals surface area contributed by atoms with Crippen LogP contribution < -0.4 is 5.32 Å². The molecule has 0 aromatic carbocycles. The van der Waals surface area contributed by atoms with Gasteiger partial charge in [0, 0.05) is 31.5 Å². The van der Waals surface area contributed by atoms with Crippen LogP contribution in [0, 0.1) is 0 Å². The van der Waals surface area contributed by atoms with Gasteiger partial charge in [-0.05, 0) is 6.07 Å². The molecule has 1 amide bonds. The van der Waals surface area contributed by atoms with Crippen LogP contribution in [0.15, 0.2) is 24.7 Å². The van der Waals surface area contributed by atoms with Crippen LogP contribution in [0.4, 0.5) is 0 Å². The Kier molecular flexibility index (Phi) is 3.60. The van der Waals surface area contributed by atoms with Crippen LogP contribution in [0.5, 0.6) is 0 Å². The number of hydrogen-bond acceptors (Lipinski definition) is 4. The lowest BCUT2D eigenvalue weighted by molar-refractivity contribution is -0.122. The van der Waals surface area contributed by atoms with Gasteiger partial charge in [0.25, 0.3) is 0 Å². The molecule has 0 spiro atoms. The summed E-state index contributed by atoms with van der Waals surface area (Å²) in [6.45, 7) is 0.214. The van der Waals surface area contributed by atoms with Crippen molar-refractivity contribution < 1.29 is 14.7 Å². The second kappa shape index (κ2) is 5.34. The third-order valence-electron chi connectivity index (χ3n) is 2.48. The lowest BCUT2D eigenvalue weighted by Crippen LogP contribution is -2.28. The number of hydrogen-bond donors (Lipinski definition) is 2. The summed E-state index contributed by atoms with van der Waals surface area (Å²) in [5.74, 6) is -1.42. The van der Waals surface area contributed by atoms with Crippen LogP contribution in [0.25, 0.3) is 0 Å². The van der Waals surface area contributed by atoms with Crippen molar-refractivity contribution in [1.82, 2.24) is 24.9 Å². The molecule has 0 atom stereocenters. The molecule has 0 saturated heterocycles. The molecule has 2 rings (SSSR count). The first-order chi connectivity index (χ1) is 9.06. The highest BCUT2D eigenvalue weighted by molar-refractivity contribution is 5.86. The molecule has 0 fully saturated rings. The van der Waals surface area contributed by atoms with Crippen LogP contribution in [0.3, 0.4) is 0 Å². The smallest absolute Gasteiger partial charge is 0.354 e. The molecule has 0 aliphatic heterocycles. The van der Waals surface area contributed by atoms with Crippen molar-refractivity contribution in [2.45, 2.75) is 13.1 Å². The van der Waals surface area contributed by atoms with Gasteiger partial charge in [0.05, 0.1) is 6.20 Å². The molecule has 2 aromatic heterocycles. The fourth-order valence-corrected chi connectivity index (χ4v) is 1.60. The summed E-state index contributed by atoms with van der Waals surface area (Å²) in [6, 6.07) is 1.34. The summed E-state index contributed by atoms with van der Waals surface area (Å²) in [7, 11) is 1.79. The predicted octanol–water partition coefficient (Wildman–Crippen LogP) is -0.369. The van der Waals surface area contributed by atoms with Crippen LogP contribution in [0.2, 0.25) is 0 Å². The van der Waals surface area contributed by atoms with E-state index in [9.17, 15) is 9.59 Å². The molecule has 8 nitrogen and oxygen atoms in total. The fraction of sp³-hybridized carbons (Fsp3) is 0.273. The molecular formula is C11H13N5O3. The summed E-state index contributed by atoms with van der Waals surface area (Å²) in [5.41, 5.74) is 0.853. The number of carboxylic acid groups (broad SMARTS) is 1. The molecule has 0 unspecified atom stereocenters. The Morgan fingerprint density at radius 3 is 2.84 bits per heavy atom. The number of aromatic nitrogens is 4. The zero-order chi connectivity index (χ0) is 13.8. The molecule has 0 aliphatic carbocycles. The van der Waals surface area contributed by atoms with Gasteiger partial charge in [-0.2, -0.15) is 10.2 Å². The molecular weight excluding hydrogens is 250 g/mol.